The van der Waals surface area contributed by atoms with Gasteiger partial charge < -0.3 is 14.7 Å². The Morgan fingerprint density at radius 1 is 1.00 bits per heavy atom. The van der Waals surface area contributed by atoms with Crippen molar-refractivity contribution in [3.63, 3.8) is 0 Å². The number of fused-ring (bicyclic) bond motifs is 1. The van der Waals surface area contributed by atoms with E-state index >= 15 is 0 Å². The van der Waals surface area contributed by atoms with Crippen molar-refractivity contribution in [1.82, 2.24) is 4.90 Å². The number of carbonyl (C=O) groups is 2. The van der Waals surface area contributed by atoms with Crippen LogP contribution in [0.15, 0.2) is 66.7 Å². The summed E-state index contributed by atoms with van der Waals surface area (Å²) in [6.45, 7) is 6.51. The summed E-state index contributed by atoms with van der Waals surface area (Å²) in [5.74, 6) is 0.122. The standard InChI is InChI=1S/C31H34ClNO4/c1-21(2)25-9-4-23(5-10-25)18-31(3)19-26-16-24(8-13-28(26)37-31)17-29(34)33(20-30(35)36)15-14-22-6-11-27(32)12-7-22/h4-13,16,21H,14-15,17-20H2,1-3H3,(H,35,36)/t31-/m1/s1. The zero-order chi connectivity index (χ0) is 26.6. The molecule has 3 aromatic carbocycles. The topological polar surface area (TPSA) is 66.8 Å². The van der Waals surface area contributed by atoms with E-state index in [1.54, 1.807) is 12.1 Å². The van der Waals surface area contributed by atoms with Crippen LogP contribution in [0, 0.1) is 0 Å². The maximum absolute atomic E-state index is 13.1. The molecule has 0 unspecified atom stereocenters. The molecule has 0 spiro atoms. The summed E-state index contributed by atoms with van der Waals surface area (Å²) in [6.07, 6.45) is 2.26. The Labute approximate surface area is 224 Å². The normalized spacial score (nSPS) is 16.4. The molecule has 0 bridgehead atoms. The van der Waals surface area contributed by atoms with E-state index in [0.29, 0.717) is 23.9 Å². The van der Waals surface area contributed by atoms with Gasteiger partial charge in [0.1, 0.15) is 17.9 Å². The predicted octanol–water partition coefficient (Wildman–Crippen LogP) is 6.10. The Morgan fingerprint density at radius 3 is 2.30 bits per heavy atom. The Bertz CT molecular complexity index is 1250. The van der Waals surface area contributed by atoms with Gasteiger partial charge in [0.25, 0.3) is 0 Å². The van der Waals surface area contributed by atoms with E-state index in [9.17, 15) is 14.7 Å². The third-order valence-corrected chi connectivity index (χ3v) is 7.14. The minimum absolute atomic E-state index is 0.147. The zero-order valence-corrected chi connectivity index (χ0v) is 22.4. The van der Waals surface area contributed by atoms with Crippen molar-refractivity contribution >= 4 is 23.5 Å². The first-order valence-corrected chi connectivity index (χ1v) is 13.1. The average molecular weight is 520 g/mol. The maximum atomic E-state index is 13.1. The molecule has 1 N–H and O–H groups in total. The van der Waals surface area contributed by atoms with Crippen LogP contribution < -0.4 is 4.74 Å². The molecule has 0 radical (unpaired) electrons. The van der Waals surface area contributed by atoms with Crippen LogP contribution in [0.25, 0.3) is 0 Å². The second-order valence-electron chi connectivity index (χ2n) is 10.5. The van der Waals surface area contributed by atoms with Gasteiger partial charge >= 0.3 is 5.97 Å². The van der Waals surface area contributed by atoms with E-state index in [-0.39, 0.29) is 24.5 Å². The number of carboxylic acids is 1. The molecule has 0 fully saturated rings. The number of benzene rings is 3. The highest BCUT2D eigenvalue weighted by molar-refractivity contribution is 6.30. The largest absolute Gasteiger partial charge is 0.487 e. The highest BCUT2D eigenvalue weighted by Crippen LogP contribution is 2.37. The van der Waals surface area contributed by atoms with Crippen molar-refractivity contribution in [2.24, 2.45) is 0 Å². The highest BCUT2D eigenvalue weighted by Gasteiger charge is 2.35. The van der Waals surface area contributed by atoms with Gasteiger partial charge in [-0.05, 0) is 65.3 Å². The van der Waals surface area contributed by atoms with Crippen molar-refractivity contribution in [2.45, 2.75) is 58.0 Å². The van der Waals surface area contributed by atoms with Crippen LogP contribution in [0.4, 0.5) is 0 Å². The van der Waals surface area contributed by atoms with E-state index in [1.807, 2.05) is 30.3 Å². The fourth-order valence-electron chi connectivity index (χ4n) is 4.89. The van der Waals surface area contributed by atoms with Gasteiger partial charge in [-0.25, -0.2) is 0 Å². The minimum Gasteiger partial charge on any atom is -0.487 e. The van der Waals surface area contributed by atoms with Crippen LogP contribution in [0.1, 0.15) is 54.5 Å². The van der Waals surface area contributed by atoms with Crippen LogP contribution in [-0.2, 0) is 35.3 Å². The van der Waals surface area contributed by atoms with Crippen LogP contribution in [0.5, 0.6) is 5.75 Å². The fraction of sp³-hybridized carbons (Fsp3) is 0.355. The molecule has 3 aromatic rings. The summed E-state index contributed by atoms with van der Waals surface area (Å²) < 4.78 is 6.35. The third kappa shape index (κ3) is 7.14. The molecule has 0 saturated carbocycles. The lowest BCUT2D eigenvalue weighted by molar-refractivity contribution is -0.144. The quantitative estimate of drug-likeness (QED) is 0.351. The number of rotatable bonds is 10. The molecular formula is C31H34ClNO4. The van der Waals surface area contributed by atoms with Gasteiger partial charge in [-0.2, -0.15) is 0 Å². The lowest BCUT2D eigenvalue weighted by Gasteiger charge is -2.24. The van der Waals surface area contributed by atoms with Crippen LogP contribution in [0.3, 0.4) is 0 Å². The summed E-state index contributed by atoms with van der Waals surface area (Å²) in [7, 11) is 0. The van der Waals surface area contributed by atoms with Crippen LogP contribution >= 0.6 is 11.6 Å². The van der Waals surface area contributed by atoms with Crippen molar-refractivity contribution < 1.29 is 19.4 Å². The van der Waals surface area contributed by atoms with Gasteiger partial charge in [-0.1, -0.05) is 74.0 Å². The molecule has 1 aliphatic rings. The molecule has 0 aromatic heterocycles. The summed E-state index contributed by atoms with van der Waals surface area (Å²) in [6, 6.07) is 22.0. The number of amides is 1. The summed E-state index contributed by atoms with van der Waals surface area (Å²) in [5, 5.41) is 9.99. The molecule has 1 atom stereocenters. The van der Waals surface area contributed by atoms with Crippen LogP contribution in [0.2, 0.25) is 5.02 Å². The molecule has 6 heteroatoms. The minimum atomic E-state index is -1.02. The molecule has 1 amide bonds. The number of carbonyl (C=O) groups excluding carboxylic acids is 1. The van der Waals surface area contributed by atoms with Gasteiger partial charge in [-0.3, -0.25) is 9.59 Å². The van der Waals surface area contributed by atoms with E-state index < -0.39 is 5.97 Å². The third-order valence-electron chi connectivity index (χ3n) is 6.89. The number of aliphatic carboxylic acids is 1. The van der Waals surface area contributed by atoms with Gasteiger partial charge in [-0.15, -0.1) is 0 Å². The summed E-state index contributed by atoms with van der Waals surface area (Å²) in [5.41, 5.74) is 5.15. The lowest BCUT2D eigenvalue weighted by atomic mass is 9.90. The molecule has 5 nitrogen and oxygen atoms in total. The van der Waals surface area contributed by atoms with Gasteiger partial charge in [0.05, 0.1) is 6.42 Å². The smallest absolute Gasteiger partial charge is 0.323 e. The lowest BCUT2D eigenvalue weighted by Crippen LogP contribution is -2.38. The number of nitrogens with zero attached hydrogens (tertiary/aromatic N) is 1. The van der Waals surface area contributed by atoms with Gasteiger partial charge in [0.15, 0.2) is 0 Å². The van der Waals surface area contributed by atoms with Crippen molar-refractivity contribution in [2.75, 3.05) is 13.1 Å². The fourth-order valence-corrected chi connectivity index (χ4v) is 5.02. The Morgan fingerprint density at radius 2 is 1.65 bits per heavy atom. The van der Waals surface area contributed by atoms with E-state index in [2.05, 4.69) is 45.0 Å². The Hall–Kier alpha value is -3.31. The highest BCUT2D eigenvalue weighted by atomic mass is 35.5. The molecular weight excluding hydrogens is 486 g/mol. The van der Waals surface area contributed by atoms with Crippen molar-refractivity contribution in [3.8, 4) is 5.75 Å². The Kier molecular flexibility index (Phi) is 8.23. The number of hydrogen-bond donors (Lipinski definition) is 1. The molecule has 0 aliphatic carbocycles. The first kappa shape index (κ1) is 26.7. The predicted molar refractivity (Wildman–Crippen MR) is 146 cm³/mol. The molecule has 4 rings (SSSR count). The van der Waals surface area contributed by atoms with Gasteiger partial charge in [0, 0.05) is 24.4 Å². The van der Waals surface area contributed by atoms with E-state index in [0.717, 1.165) is 35.3 Å². The first-order chi connectivity index (χ1) is 17.6. The van der Waals surface area contributed by atoms with E-state index in [4.69, 9.17) is 16.3 Å². The van der Waals surface area contributed by atoms with E-state index in [1.165, 1.54) is 16.0 Å². The molecule has 1 heterocycles. The monoisotopic (exact) mass is 519 g/mol. The number of halogens is 1. The SMILES string of the molecule is CC(C)c1ccc(C[C@]2(C)Cc3cc(CC(=O)N(CCc4ccc(Cl)cc4)CC(=O)O)ccc3O2)cc1. The molecule has 194 valence electrons. The number of hydrogen-bond acceptors (Lipinski definition) is 3. The number of ether oxygens (including phenoxy) is 1. The molecule has 1 aliphatic heterocycles. The molecule has 0 saturated heterocycles. The van der Waals surface area contributed by atoms with Crippen molar-refractivity contribution in [3.05, 3.63) is 99.6 Å². The molecule has 37 heavy (non-hydrogen) atoms. The van der Waals surface area contributed by atoms with Crippen LogP contribution in [-0.4, -0.2) is 40.6 Å². The number of carboxylic acid groups (broad SMARTS) is 1. The van der Waals surface area contributed by atoms with Gasteiger partial charge in [0.2, 0.25) is 5.91 Å². The second kappa shape index (κ2) is 11.4. The summed E-state index contributed by atoms with van der Waals surface area (Å²) >= 11 is 5.95. The maximum Gasteiger partial charge on any atom is 0.323 e. The van der Waals surface area contributed by atoms with Crippen molar-refractivity contribution in [1.29, 1.82) is 0 Å². The Balaban J connectivity index is 1.40. The second-order valence-corrected chi connectivity index (χ2v) is 10.9. The zero-order valence-electron chi connectivity index (χ0n) is 21.7. The average Bonchev–Trinajstić information content (AvgIpc) is 3.17. The first-order valence-electron chi connectivity index (χ1n) is 12.7. The summed E-state index contributed by atoms with van der Waals surface area (Å²) in [4.78, 5) is 25.9.